The first kappa shape index (κ1) is 14.4. The van der Waals surface area contributed by atoms with Gasteiger partial charge in [-0.3, -0.25) is 4.79 Å². The van der Waals surface area contributed by atoms with Crippen LogP contribution in [0.3, 0.4) is 0 Å². The van der Waals surface area contributed by atoms with Crippen molar-refractivity contribution < 1.29 is 9.90 Å². The highest BCUT2D eigenvalue weighted by Crippen LogP contribution is 2.41. The number of β-amino-alcohol motifs (C(OH)–C–C–N with tert-alkyl or cyclic N) is 1. The van der Waals surface area contributed by atoms with Gasteiger partial charge in [-0.2, -0.15) is 4.37 Å². The van der Waals surface area contributed by atoms with E-state index in [4.69, 9.17) is 4.98 Å². The second-order valence-electron chi connectivity index (χ2n) is 6.97. The molecule has 0 aromatic carbocycles. The van der Waals surface area contributed by atoms with Crippen molar-refractivity contribution in [1.29, 1.82) is 0 Å². The van der Waals surface area contributed by atoms with E-state index in [9.17, 15) is 9.90 Å². The van der Waals surface area contributed by atoms with Crippen LogP contribution in [0, 0.1) is 5.41 Å². The number of hydrogen-bond donors (Lipinski definition) is 2. The Morgan fingerprint density at radius 1 is 1.27 bits per heavy atom. The number of aliphatic hydroxyl groups is 1. The van der Waals surface area contributed by atoms with Crippen molar-refractivity contribution >= 4 is 22.6 Å². The smallest absolute Gasteiger partial charge is 0.230 e. The molecule has 1 spiro atoms. The Morgan fingerprint density at radius 3 is 2.82 bits per heavy atom. The van der Waals surface area contributed by atoms with Crippen LogP contribution in [0.4, 0.5) is 5.13 Å². The van der Waals surface area contributed by atoms with E-state index >= 15 is 0 Å². The van der Waals surface area contributed by atoms with Crippen LogP contribution in [-0.4, -0.2) is 46.1 Å². The average molecular weight is 322 g/mol. The molecule has 7 heteroatoms. The van der Waals surface area contributed by atoms with Crippen molar-refractivity contribution in [2.75, 3.05) is 24.5 Å². The van der Waals surface area contributed by atoms with E-state index in [0.717, 1.165) is 11.0 Å². The maximum atomic E-state index is 12.1. The van der Waals surface area contributed by atoms with Gasteiger partial charge in [0.15, 0.2) is 0 Å². The molecule has 1 aromatic rings. The van der Waals surface area contributed by atoms with E-state index in [1.54, 1.807) is 0 Å². The highest BCUT2D eigenvalue weighted by Gasteiger charge is 2.53. The lowest BCUT2D eigenvalue weighted by atomic mass is 9.72. The molecule has 0 radical (unpaired) electrons. The molecule has 6 nitrogen and oxygen atoms in total. The van der Waals surface area contributed by atoms with Crippen LogP contribution in [0.1, 0.15) is 50.3 Å². The van der Waals surface area contributed by atoms with Crippen LogP contribution in [-0.2, 0) is 4.79 Å². The third kappa shape index (κ3) is 2.40. The molecule has 120 valence electrons. The van der Waals surface area contributed by atoms with Crippen LogP contribution in [0.2, 0.25) is 0 Å². The van der Waals surface area contributed by atoms with E-state index in [0.29, 0.717) is 32.0 Å². The summed E-state index contributed by atoms with van der Waals surface area (Å²) in [5, 5.41) is 13.5. The summed E-state index contributed by atoms with van der Waals surface area (Å²) in [5.41, 5.74) is -0.422. The fourth-order valence-electron chi connectivity index (χ4n) is 3.99. The summed E-state index contributed by atoms with van der Waals surface area (Å²) in [6.07, 6.45) is 6.44. The number of anilines is 1. The van der Waals surface area contributed by atoms with E-state index in [-0.39, 0.29) is 5.91 Å². The molecular formula is C15H22N4O2S. The number of carbonyl (C=O) groups is 1. The van der Waals surface area contributed by atoms with E-state index in [1.807, 2.05) is 0 Å². The van der Waals surface area contributed by atoms with E-state index < -0.39 is 11.5 Å². The standard InChI is InChI=1S/C15H22N4O2S/c20-11-6-15(13(21)16-7-11)8-19(9-15)14-17-12(18-22-14)10-4-2-1-3-5-10/h10-11,20H,1-9H2,(H,16,21). The Balaban J connectivity index is 1.42. The molecule has 2 aliphatic heterocycles. The molecule has 1 aliphatic carbocycles. The zero-order valence-electron chi connectivity index (χ0n) is 12.6. The molecule has 1 atom stereocenters. The lowest BCUT2D eigenvalue weighted by Crippen LogP contribution is -2.67. The third-order valence-electron chi connectivity index (χ3n) is 5.27. The summed E-state index contributed by atoms with van der Waals surface area (Å²) < 4.78 is 4.55. The maximum Gasteiger partial charge on any atom is 0.230 e. The molecule has 0 bridgehead atoms. The molecule has 2 N–H and O–H groups in total. The molecule has 22 heavy (non-hydrogen) atoms. The summed E-state index contributed by atoms with van der Waals surface area (Å²) in [4.78, 5) is 18.9. The van der Waals surface area contributed by atoms with E-state index in [1.165, 1.54) is 43.6 Å². The Hall–Kier alpha value is -1.21. The average Bonchev–Trinajstić information content (AvgIpc) is 2.98. The fourth-order valence-corrected chi connectivity index (χ4v) is 4.73. The third-order valence-corrected chi connectivity index (χ3v) is 6.06. The molecule has 1 unspecified atom stereocenters. The second-order valence-corrected chi connectivity index (χ2v) is 7.70. The predicted molar refractivity (Wildman–Crippen MR) is 84.0 cm³/mol. The van der Waals surface area contributed by atoms with Crippen LogP contribution < -0.4 is 10.2 Å². The second kappa shape index (κ2) is 5.45. The number of carbonyl (C=O) groups excluding carboxylic acids is 1. The van der Waals surface area contributed by atoms with Gasteiger partial charge in [0.1, 0.15) is 5.82 Å². The fraction of sp³-hybridized carbons (Fsp3) is 0.800. The minimum atomic E-state index is -0.424. The summed E-state index contributed by atoms with van der Waals surface area (Å²) in [6, 6.07) is 0. The van der Waals surface area contributed by atoms with Crippen LogP contribution in [0.25, 0.3) is 0 Å². The van der Waals surface area contributed by atoms with Gasteiger partial charge < -0.3 is 15.3 Å². The van der Waals surface area contributed by atoms with Crippen LogP contribution in [0.15, 0.2) is 0 Å². The normalized spacial score (nSPS) is 28.5. The monoisotopic (exact) mass is 322 g/mol. The summed E-state index contributed by atoms with van der Waals surface area (Å²) in [5.74, 6) is 1.59. The van der Waals surface area contributed by atoms with Crippen molar-refractivity contribution in [3.8, 4) is 0 Å². The molecule has 4 rings (SSSR count). The molecule has 1 saturated carbocycles. The highest BCUT2D eigenvalue weighted by atomic mass is 32.1. The van der Waals surface area contributed by atoms with Crippen molar-refractivity contribution in [3.05, 3.63) is 5.82 Å². The Bertz CT molecular complexity index is 564. The van der Waals surface area contributed by atoms with Gasteiger partial charge in [-0.1, -0.05) is 19.3 Å². The first-order valence-electron chi connectivity index (χ1n) is 8.21. The summed E-state index contributed by atoms with van der Waals surface area (Å²) in [7, 11) is 0. The first-order chi connectivity index (χ1) is 10.7. The summed E-state index contributed by atoms with van der Waals surface area (Å²) >= 11 is 1.45. The van der Waals surface area contributed by atoms with Gasteiger partial charge in [-0.15, -0.1) is 0 Å². The molecule has 1 aromatic heterocycles. The van der Waals surface area contributed by atoms with Gasteiger partial charge in [-0.05, 0) is 19.3 Å². The predicted octanol–water partition coefficient (Wildman–Crippen LogP) is 1.27. The van der Waals surface area contributed by atoms with Crippen LogP contribution in [0.5, 0.6) is 0 Å². The molecule has 1 amide bonds. The number of aromatic nitrogens is 2. The van der Waals surface area contributed by atoms with Gasteiger partial charge in [0.2, 0.25) is 11.0 Å². The quantitative estimate of drug-likeness (QED) is 0.857. The highest BCUT2D eigenvalue weighted by molar-refractivity contribution is 7.09. The maximum absolute atomic E-state index is 12.1. The molecular weight excluding hydrogens is 300 g/mol. The lowest BCUT2D eigenvalue weighted by molar-refractivity contribution is -0.139. The van der Waals surface area contributed by atoms with Gasteiger partial charge in [0.05, 0.1) is 11.5 Å². The molecule has 3 fully saturated rings. The van der Waals surface area contributed by atoms with Gasteiger partial charge in [-0.25, -0.2) is 4.98 Å². The number of amides is 1. The largest absolute Gasteiger partial charge is 0.391 e. The number of aliphatic hydroxyl groups excluding tert-OH is 1. The van der Waals surface area contributed by atoms with Gasteiger partial charge in [0, 0.05) is 37.1 Å². The number of hydrogen-bond acceptors (Lipinski definition) is 6. The lowest BCUT2D eigenvalue weighted by Gasteiger charge is -2.51. The van der Waals surface area contributed by atoms with E-state index in [2.05, 4.69) is 14.6 Å². The minimum absolute atomic E-state index is 0.0751. The Morgan fingerprint density at radius 2 is 2.05 bits per heavy atom. The molecule has 3 heterocycles. The molecule has 3 aliphatic rings. The number of rotatable bonds is 2. The zero-order chi connectivity index (χ0) is 15.2. The SMILES string of the molecule is O=C1NCC(O)CC12CN(c1nc(C3CCCCC3)ns1)C2. The van der Waals surface area contributed by atoms with Crippen LogP contribution >= 0.6 is 11.5 Å². The Labute approximate surface area is 134 Å². The Kier molecular flexibility index (Phi) is 3.57. The summed E-state index contributed by atoms with van der Waals surface area (Å²) in [6.45, 7) is 1.68. The van der Waals surface area contributed by atoms with Crippen molar-refractivity contribution in [3.63, 3.8) is 0 Å². The number of nitrogens with zero attached hydrogens (tertiary/aromatic N) is 3. The van der Waals surface area contributed by atoms with Gasteiger partial charge in [0.25, 0.3) is 0 Å². The number of piperidine rings is 1. The first-order valence-corrected chi connectivity index (χ1v) is 8.99. The van der Waals surface area contributed by atoms with Gasteiger partial charge >= 0.3 is 0 Å². The minimum Gasteiger partial charge on any atom is -0.391 e. The zero-order valence-corrected chi connectivity index (χ0v) is 13.4. The molecule has 2 saturated heterocycles. The van der Waals surface area contributed by atoms with Crippen molar-refractivity contribution in [2.24, 2.45) is 5.41 Å². The van der Waals surface area contributed by atoms with Crippen molar-refractivity contribution in [1.82, 2.24) is 14.7 Å². The number of nitrogens with one attached hydrogen (secondary N) is 1. The topological polar surface area (TPSA) is 78.4 Å². The van der Waals surface area contributed by atoms with Crippen molar-refractivity contribution in [2.45, 2.75) is 50.5 Å².